The number of aromatic amines is 1. The molecule has 1 fully saturated rings. The van der Waals surface area contributed by atoms with Crippen molar-refractivity contribution < 1.29 is 28.2 Å². The minimum absolute atomic E-state index is 0.124. The van der Waals surface area contributed by atoms with E-state index in [9.17, 15) is 19.2 Å². The Morgan fingerprint density at radius 3 is 2.23 bits per heavy atom. The van der Waals surface area contributed by atoms with Crippen molar-refractivity contribution in [1.29, 1.82) is 0 Å². The zero-order valence-corrected chi connectivity index (χ0v) is 20.5. The monoisotopic (exact) mass is 594 g/mol. The van der Waals surface area contributed by atoms with E-state index in [0.717, 1.165) is 17.7 Å². The van der Waals surface area contributed by atoms with E-state index >= 15 is 4.39 Å². The van der Waals surface area contributed by atoms with E-state index < -0.39 is 53.9 Å². The van der Waals surface area contributed by atoms with Crippen LogP contribution in [0.1, 0.15) is 33.9 Å². The number of nitrogens with one attached hydrogen (secondary N) is 1. The summed E-state index contributed by atoms with van der Waals surface area (Å²) in [6, 6.07) is 16.1. The standard InChI is InChI=1S/C24H20FIN2O7/c1-24(25)18(35-21(31)15-10-6-3-7-11-15)17(13-33-20(30)14-8-4-2-5-9-14)34-22(24)28-12-16(26)19(29)27-23(28)32/h2-12,17-18,22H,13H2,1H3,(H,27,29,32)/t17-,18-,22-,24-/m1/s1. The number of alkyl halides is 1. The number of nitrogens with zero attached hydrogens (tertiary/aromatic N) is 1. The first-order valence-electron chi connectivity index (χ1n) is 10.5. The quantitative estimate of drug-likeness (QED) is 0.345. The third-order valence-electron chi connectivity index (χ3n) is 5.49. The van der Waals surface area contributed by atoms with Crippen LogP contribution in [0.15, 0.2) is 76.4 Å². The number of esters is 2. The molecule has 2 aromatic carbocycles. The molecule has 0 amide bonds. The van der Waals surface area contributed by atoms with E-state index in [1.807, 2.05) is 0 Å². The van der Waals surface area contributed by atoms with Crippen LogP contribution in [-0.4, -0.2) is 46.0 Å². The molecule has 1 N–H and O–H groups in total. The lowest BCUT2D eigenvalue weighted by molar-refractivity contribution is -0.0650. The molecule has 11 heteroatoms. The van der Waals surface area contributed by atoms with E-state index in [1.165, 1.54) is 12.1 Å². The molecule has 0 radical (unpaired) electrons. The number of ether oxygens (including phenoxy) is 3. The molecule has 0 saturated carbocycles. The van der Waals surface area contributed by atoms with Gasteiger partial charge < -0.3 is 14.2 Å². The van der Waals surface area contributed by atoms with Gasteiger partial charge in [0.2, 0.25) is 0 Å². The largest absolute Gasteiger partial charge is 0.459 e. The van der Waals surface area contributed by atoms with Crippen LogP contribution < -0.4 is 11.2 Å². The Labute approximate surface area is 212 Å². The smallest absolute Gasteiger partial charge is 0.338 e. The van der Waals surface area contributed by atoms with Crippen molar-refractivity contribution in [3.05, 3.63) is 102 Å². The molecule has 1 aromatic heterocycles. The summed E-state index contributed by atoms with van der Waals surface area (Å²) in [5.74, 6) is -1.49. The normalized spacial score (nSPS) is 23.6. The summed E-state index contributed by atoms with van der Waals surface area (Å²) in [6.45, 7) is 0.662. The molecule has 0 aliphatic carbocycles. The molecule has 0 spiro atoms. The van der Waals surface area contributed by atoms with Crippen LogP contribution in [-0.2, 0) is 14.2 Å². The second kappa shape index (κ2) is 10.1. The fourth-order valence-electron chi connectivity index (χ4n) is 3.74. The SMILES string of the molecule is C[C@@]1(F)[C@H](OC(=O)c2ccccc2)[C@@H](COC(=O)c2ccccc2)O[C@H]1n1cc(I)c(=O)[nH]c1=O. The van der Waals surface area contributed by atoms with Crippen LogP contribution in [0.5, 0.6) is 0 Å². The minimum Gasteiger partial charge on any atom is -0.459 e. The lowest BCUT2D eigenvalue weighted by Gasteiger charge is -2.27. The fraction of sp³-hybridized carbons (Fsp3) is 0.250. The number of aromatic nitrogens is 2. The van der Waals surface area contributed by atoms with Gasteiger partial charge in [-0.25, -0.2) is 18.8 Å². The summed E-state index contributed by atoms with van der Waals surface area (Å²) in [5.41, 5.74) is -3.51. The lowest BCUT2D eigenvalue weighted by atomic mass is 9.98. The summed E-state index contributed by atoms with van der Waals surface area (Å²) in [4.78, 5) is 51.5. The van der Waals surface area contributed by atoms with Crippen molar-refractivity contribution in [3.63, 3.8) is 0 Å². The van der Waals surface area contributed by atoms with Gasteiger partial charge in [0.1, 0.15) is 12.7 Å². The van der Waals surface area contributed by atoms with E-state index in [1.54, 1.807) is 71.1 Å². The maximum atomic E-state index is 16.2. The highest BCUT2D eigenvalue weighted by Crippen LogP contribution is 2.43. The van der Waals surface area contributed by atoms with Crippen molar-refractivity contribution in [1.82, 2.24) is 9.55 Å². The van der Waals surface area contributed by atoms with E-state index in [2.05, 4.69) is 4.98 Å². The van der Waals surface area contributed by atoms with Gasteiger partial charge in [-0.3, -0.25) is 14.3 Å². The third-order valence-corrected chi connectivity index (χ3v) is 6.26. The average molecular weight is 594 g/mol. The molecule has 9 nitrogen and oxygen atoms in total. The first-order valence-corrected chi connectivity index (χ1v) is 11.6. The molecule has 1 saturated heterocycles. The Hall–Kier alpha value is -3.32. The average Bonchev–Trinajstić information content (AvgIpc) is 3.10. The summed E-state index contributed by atoms with van der Waals surface area (Å²) in [7, 11) is 0. The van der Waals surface area contributed by atoms with E-state index in [0.29, 0.717) is 0 Å². The predicted octanol–water partition coefficient (Wildman–Crippen LogP) is 2.85. The van der Waals surface area contributed by atoms with Crippen molar-refractivity contribution in [2.75, 3.05) is 6.61 Å². The summed E-state index contributed by atoms with van der Waals surface area (Å²) < 4.78 is 33.8. The van der Waals surface area contributed by atoms with Crippen LogP contribution in [0.4, 0.5) is 4.39 Å². The van der Waals surface area contributed by atoms with Crippen LogP contribution in [0.2, 0.25) is 0 Å². The predicted molar refractivity (Wildman–Crippen MR) is 130 cm³/mol. The topological polar surface area (TPSA) is 117 Å². The number of rotatable bonds is 6. The minimum atomic E-state index is -2.43. The second-order valence-electron chi connectivity index (χ2n) is 7.98. The molecule has 4 rings (SSSR count). The van der Waals surface area contributed by atoms with Gasteiger partial charge >= 0.3 is 17.6 Å². The highest BCUT2D eigenvalue weighted by Gasteiger charge is 2.58. The van der Waals surface area contributed by atoms with Crippen LogP contribution in [0.25, 0.3) is 0 Å². The number of hydrogen-bond donors (Lipinski definition) is 1. The Morgan fingerprint density at radius 1 is 1.06 bits per heavy atom. The van der Waals surface area contributed by atoms with Crippen molar-refractivity contribution >= 4 is 34.5 Å². The molecule has 2 heterocycles. The maximum absolute atomic E-state index is 16.2. The lowest BCUT2D eigenvalue weighted by Crippen LogP contribution is -2.46. The van der Waals surface area contributed by atoms with Crippen LogP contribution in [0.3, 0.4) is 0 Å². The number of H-pyrrole nitrogens is 1. The molecule has 3 aromatic rings. The van der Waals surface area contributed by atoms with Gasteiger partial charge in [-0.2, -0.15) is 0 Å². The van der Waals surface area contributed by atoms with E-state index in [4.69, 9.17) is 14.2 Å². The zero-order valence-electron chi connectivity index (χ0n) is 18.4. The van der Waals surface area contributed by atoms with Gasteiger partial charge in [0, 0.05) is 6.20 Å². The number of benzene rings is 2. The molecule has 35 heavy (non-hydrogen) atoms. The molecule has 1 aliphatic rings. The fourth-order valence-corrected chi connectivity index (χ4v) is 4.17. The van der Waals surface area contributed by atoms with Gasteiger partial charge in [0.05, 0.1) is 14.7 Å². The zero-order chi connectivity index (χ0) is 25.2. The molecular formula is C24H20FIN2O7. The summed E-state index contributed by atoms with van der Waals surface area (Å²) in [5, 5.41) is 0. The van der Waals surface area contributed by atoms with Gasteiger partial charge in [0.25, 0.3) is 5.56 Å². The molecule has 1 aliphatic heterocycles. The Morgan fingerprint density at radius 2 is 1.63 bits per heavy atom. The van der Waals surface area contributed by atoms with Gasteiger partial charge in [-0.05, 0) is 53.8 Å². The first kappa shape index (κ1) is 24.8. The molecule has 182 valence electrons. The maximum Gasteiger partial charge on any atom is 0.338 e. The first-order chi connectivity index (χ1) is 16.7. The highest BCUT2D eigenvalue weighted by molar-refractivity contribution is 14.1. The van der Waals surface area contributed by atoms with Crippen LogP contribution >= 0.6 is 22.6 Å². The molecule has 4 atom stereocenters. The number of hydrogen-bond acceptors (Lipinski definition) is 7. The van der Waals surface area contributed by atoms with Gasteiger partial charge in [-0.15, -0.1) is 0 Å². The third kappa shape index (κ3) is 5.20. The Balaban J connectivity index is 1.64. The Bertz CT molecular complexity index is 1340. The van der Waals surface area contributed by atoms with Crippen LogP contribution in [0, 0.1) is 3.57 Å². The number of carbonyl (C=O) groups is 2. The van der Waals surface area contributed by atoms with Crippen molar-refractivity contribution in [3.8, 4) is 0 Å². The second-order valence-corrected chi connectivity index (χ2v) is 9.14. The molecule has 0 unspecified atom stereocenters. The van der Waals surface area contributed by atoms with Gasteiger partial charge in [-0.1, -0.05) is 36.4 Å². The highest BCUT2D eigenvalue weighted by atomic mass is 127. The summed E-state index contributed by atoms with van der Waals surface area (Å²) >= 11 is 1.70. The van der Waals surface area contributed by atoms with Crippen molar-refractivity contribution in [2.45, 2.75) is 31.0 Å². The summed E-state index contributed by atoms with van der Waals surface area (Å²) in [6.07, 6.45) is -3.21. The van der Waals surface area contributed by atoms with Crippen molar-refractivity contribution in [2.24, 2.45) is 0 Å². The van der Waals surface area contributed by atoms with E-state index in [-0.39, 0.29) is 14.7 Å². The number of carbonyl (C=O) groups excluding carboxylic acids is 2. The molecular weight excluding hydrogens is 574 g/mol. The molecule has 0 bridgehead atoms. The number of halogens is 2. The Kier molecular flexibility index (Phi) is 7.17. The van der Waals surface area contributed by atoms with Gasteiger partial charge in [0.15, 0.2) is 18.0 Å².